The molecular weight excluding hydrogens is 200 g/mol. The summed E-state index contributed by atoms with van der Waals surface area (Å²) in [6.45, 7) is 3.99. The quantitative estimate of drug-likeness (QED) is 0.816. The van der Waals surface area contributed by atoms with Gasteiger partial charge in [-0.3, -0.25) is 4.90 Å². The Hall–Kier alpha value is -0.870. The minimum Gasteiger partial charge on any atom is -0.330 e. The molecule has 0 bridgehead atoms. The van der Waals surface area contributed by atoms with Crippen LogP contribution in [0.25, 0.3) is 0 Å². The largest absolute Gasteiger partial charge is 0.330 e. The Balaban J connectivity index is 1.99. The normalized spacial score (nSPS) is 21.1. The molecule has 1 aliphatic carbocycles. The monoisotopic (exact) mass is 220 g/mol. The number of hydrogen-bond acceptors (Lipinski definition) is 3. The second-order valence-electron chi connectivity index (χ2n) is 5.07. The lowest BCUT2D eigenvalue weighted by atomic mass is 10.2. The number of nitrogens with zero attached hydrogens (tertiary/aromatic N) is 3. The first-order valence-electron chi connectivity index (χ1n) is 6.26. The number of rotatable bonds is 3. The molecule has 2 heterocycles. The van der Waals surface area contributed by atoms with E-state index in [0.29, 0.717) is 6.54 Å². The van der Waals surface area contributed by atoms with Crippen LogP contribution in [0.2, 0.25) is 0 Å². The van der Waals surface area contributed by atoms with Crippen molar-refractivity contribution in [2.45, 2.75) is 38.3 Å². The van der Waals surface area contributed by atoms with Crippen LogP contribution in [0.15, 0.2) is 0 Å². The number of aromatic nitrogens is 2. The molecule has 0 spiro atoms. The summed E-state index contributed by atoms with van der Waals surface area (Å²) in [5.41, 5.74) is 8.33. The maximum absolute atomic E-state index is 5.67. The summed E-state index contributed by atoms with van der Waals surface area (Å²) < 4.78 is 2.46. The highest BCUT2D eigenvalue weighted by Gasteiger charge is 2.32. The number of nitrogens with two attached hydrogens (primary N) is 1. The molecule has 0 radical (unpaired) electrons. The first-order valence-corrected chi connectivity index (χ1v) is 6.26. The summed E-state index contributed by atoms with van der Waals surface area (Å²) in [7, 11) is 2.18. The highest BCUT2D eigenvalue weighted by Crippen LogP contribution is 2.40. The third-order valence-corrected chi connectivity index (χ3v) is 3.63. The Morgan fingerprint density at radius 1 is 1.38 bits per heavy atom. The average molecular weight is 220 g/mol. The predicted octanol–water partition coefficient (Wildman–Crippen LogP) is 0.707. The molecule has 1 aromatic heterocycles. The third kappa shape index (κ3) is 1.66. The molecule has 3 rings (SSSR count). The molecular formula is C12H20N4. The summed E-state index contributed by atoms with van der Waals surface area (Å²) >= 11 is 0. The van der Waals surface area contributed by atoms with Crippen molar-refractivity contribution < 1.29 is 0 Å². The summed E-state index contributed by atoms with van der Waals surface area (Å²) in [4.78, 5) is 7.20. The molecule has 1 aliphatic heterocycles. The van der Waals surface area contributed by atoms with Crippen LogP contribution < -0.4 is 5.73 Å². The van der Waals surface area contributed by atoms with Gasteiger partial charge in [0.1, 0.15) is 5.82 Å². The smallest absolute Gasteiger partial charge is 0.112 e. The molecule has 1 aromatic rings. The summed E-state index contributed by atoms with van der Waals surface area (Å²) in [6, 6.07) is 0. The van der Waals surface area contributed by atoms with Crippen molar-refractivity contribution >= 4 is 0 Å². The zero-order chi connectivity index (χ0) is 11.1. The van der Waals surface area contributed by atoms with E-state index < -0.39 is 0 Å². The van der Waals surface area contributed by atoms with Crippen molar-refractivity contribution in [2.24, 2.45) is 5.73 Å². The fraction of sp³-hybridized carbons (Fsp3) is 0.750. The van der Waals surface area contributed by atoms with Crippen molar-refractivity contribution in [1.29, 1.82) is 0 Å². The molecule has 0 amide bonds. The zero-order valence-corrected chi connectivity index (χ0v) is 9.95. The van der Waals surface area contributed by atoms with E-state index in [9.17, 15) is 0 Å². The van der Waals surface area contributed by atoms with E-state index in [2.05, 4.69) is 16.5 Å². The van der Waals surface area contributed by atoms with Gasteiger partial charge >= 0.3 is 0 Å². The minimum absolute atomic E-state index is 0.706. The van der Waals surface area contributed by atoms with E-state index in [-0.39, 0.29) is 0 Å². The molecule has 1 saturated carbocycles. The van der Waals surface area contributed by atoms with Crippen LogP contribution in [0.3, 0.4) is 0 Å². The Morgan fingerprint density at radius 3 is 2.88 bits per heavy atom. The van der Waals surface area contributed by atoms with Gasteiger partial charge in [-0.05, 0) is 26.4 Å². The van der Waals surface area contributed by atoms with Crippen molar-refractivity contribution in [3.63, 3.8) is 0 Å². The van der Waals surface area contributed by atoms with Crippen molar-refractivity contribution in [2.75, 3.05) is 20.1 Å². The number of imidazole rings is 1. The van der Waals surface area contributed by atoms with Gasteiger partial charge < -0.3 is 10.3 Å². The van der Waals surface area contributed by atoms with Gasteiger partial charge in [0.15, 0.2) is 0 Å². The molecule has 0 atom stereocenters. The van der Waals surface area contributed by atoms with Gasteiger partial charge in [-0.2, -0.15) is 0 Å². The lowest BCUT2D eigenvalue weighted by Gasteiger charge is -2.25. The highest BCUT2D eigenvalue weighted by atomic mass is 15.2. The highest BCUT2D eigenvalue weighted by molar-refractivity contribution is 5.23. The standard InChI is InChI=1S/C12H20N4/c1-15-6-7-16-11(8-15)10(4-5-13)14-12(16)9-2-3-9/h9H,2-8,13H2,1H3. The zero-order valence-electron chi connectivity index (χ0n) is 9.95. The second kappa shape index (κ2) is 3.86. The van der Waals surface area contributed by atoms with Gasteiger partial charge in [-0.15, -0.1) is 0 Å². The number of hydrogen-bond donors (Lipinski definition) is 1. The van der Waals surface area contributed by atoms with Crippen LogP contribution in [0.1, 0.15) is 36.0 Å². The maximum atomic E-state index is 5.67. The van der Waals surface area contributed by atoms with Crippen molar-refractivity contribution in [1.82, 2.24) is 14.5 Å². The van der Waals surface area contributed by atoms with Crippen LogP contribution in [0, 0.1) is 0 Å². The molecule has 2 aliphatic rings. The fourth-order valence-corrected chi connectivity index (χ4v) is 2.58. The van der Waals surface area contributed by atoms with Crippen LogP contribution >= 0.6 is 0 Å². The van der Waals surface area contributed by atoms with E-state index in [1.54, 1.807) is 0 Å². The predicted molar refractivity (Wildman–Crippen MR) is 63.3 cm³/mol. The van der Waals surface area contributed by atoms with Gasteiger partial charge in [-0.1, -0.05) is 0 Å². The van der Waals surface area contributed by atoms with Crippen LogP contribution in [-0.2, 0) is 19.5 Å². The molecule has 0 unspecified atom stereocenters. The van der Waals surface area contributed by atoms with Crippen LogP contribution in [0.4, 0.5) is 0 Å². The van der Waals surface area contributed by atoms with Gasteiger partial charge in [-0.25, -0.2) is 4.98 Å². The van der Waals surface area contributed by atoms with E-state index >= 15 is 0 Å². The Labute approximate surface area is 96.4 Å². The average Bonchev–Trinajstić information content (AvgIpc) is 3.04. The van der Waals surface area contributed by atoms with Crippen molar-refractivity contribution in [3.8, 4) is 0 Å². The summed E-state index contributed by atoms with van der Waals surface area (Å²) in [5.74, 6) is 2.08. The lowest BCUT2D eigenvalue weighted by molar-refractivity contribution is 0.266. The van der Waals surface area contributed by atoms with Crippen molar-refractivity contribution in [3.05, 3.63) is 17.2 Å². The van der Waals surface area contributed by atoms with E-state index in [4.69, 9.17) is 10.7 Å². The topological polar surface area (TPSA) is 47.1 Å². The molecule has 1 fully saturated rings. The molecule has 0 saturated heterocycles. The van der Waals surface area contributed by atoms with Gasteiger partial charge in [0, 0.05) is 32.0 Å². The van der Waals surface area contributed by atoms with E-state index in [1.807, 2.05) is 0 Å². The second-order valence-corrected chi connectivity index (χ2v) is 5.07. The van der Waals surface area contributed by atoms with E-state index in [1.165, 1.54) is 30.1 Å². The molecule has 2 N–H and O–H groups in total. The Morgan fingerprint density at radius 2 is 2.19 bits per heavy atom. The Kier molecular flexibility index (Phi) is 2.48. The van der Waals surface area contributed by atoms with E-state index in [0.717, 1.165) is 32.0 Å². The SMILES string of the molecule is CN1CCn2c(C3CC3)nc(CCN)c2C1. The fourth-order valence-electron chi connectivity index (χ4n) is 2.58. The molecule has 0 aromatic carbocycles. The van der Waals surface area contributed by atoms with Gasteiger partial charge in [0.2, 0.25) is 0 Å². The lowest BCUT2D eigenvalue weighted by Crippen LogP contribution is -2.31. The molecule has 16 heavy (non-hydrogen) atoms. The maximum Gasteiger partial charge on any atom is 0.112 e. The Bertz CT molecular complexity index is 392. The first kappa shape index (κ1) is 10.3. The first-order chi connectivity index (χ1) is 7.79. The molecule has 4 heteroatoms. The van der Waals surface area contributed by atoms with Crippen LogP contribution in [-0.4, -0.2) is 34.6 Å². The minimum atomic E-state index is 0.706. The van der Waals surface area contributed by atoms with Crippen LogP contribution in [0.5, 0.6) is 0 Å². The molecule has 4 nitrogen and oxygen atoms in total. The summed E-state index contributed by atoms with van der Waals surface area (Å²) in [5, 5.41) is 0. The van der Waals surface area contributed by atoms with Gasteiger partial charge in [0.05, 0.1) is 11.4 Å². The number of fused-ring (bicyclic) bond motifs is 1. The van der Waals surface area contributed by atoms with Gasteiger partial charge in [0.25, 0.3) is 0 Å². The number of likely N-dealkylation sites (N-methyl/N-ethyl adjacent to an activating group) is 1. The third-order valence-electron chi connectivity index (χ3n) is 3.63. The summed E-state index contributed by atoms with van der Waals surface area (Å²) in [6.07, 6.45) is 3.58. The molecule has 88 valence electrons.